The van der Waals surface area contributed by atoms with Crippen LogP contribution in [0, 0.1) is 0 Å². The van der Waals surface area contributed by atoms with Crippen LogP contribution in [-0.2, 0) is 13.0 Å². The molecule has 1 aromatic carbocycles. The molecule has 0 unspecified atom stereocenters. The van der Waals surface area contributed by atoms with Crippen molar-refractivity contribution in [2.45, 2.75) is 19.4 Å². The fraction of sp³-hybridized carbons (Fsp3) is 0.176. The van der Waals surface area contributed by atoms with Gasteiger partial charge >= 0.3 is 0 Å². The van der Waals surface area contributed by atoms with Crippen molar-refractivity contribution in [2.24, 2.45) is 0 Å². The lowest BCUT2D eigenvalue weighted by molar-refractivity contribution is 0.102. The van der Waals surface area contributed by atoms with Crippen LogP contribution in [0.3, 0.4) is 0 Å². The molecule has 0 radical (unpaired) electrons. The van der Waals surface area contributed by atoms with Crippen LogP contribution in [0.4, 0.5) is 5.82 Å². The second-order valence-corrected chi connectivity index (χ2v) is 5.64. The third-order valence-corrected chi connectivity index (χ3v) is 4.20. The van der Waals surface area contributed by atoms with E-state index in [2.05, 4.69) is 15.3 Å². The molecule has 24 heavy (non-hydrogen) atoms. The minimum absolute atomic E-state index is 0.216. The molecule has 2 N–H and O–H groups in total. The van der Waals surface area contributed by atoms with E-state index < -0.39 is 11.5 Å². The van der Waals surface area contributed by atoms with Crippen molar-refractivity contribution in [2.75, 3.05) is 5.32 Å². The number of nitrogens with zero attached hydrogens (tertiary/aromatic N) is 3. The summed E-state index contributed by atoms with van der Waals surface area (Å²) >= 11 is 0. The van der Waals surface area contributed by atoms with Crippen molar-refractivity contribution in [1.82, 2.24) is 14.5 Å². The number of aromatic nitrogens is 3. The van der Waals surface area contributed by atoms with Crippen LogP contribution in [0.25, 0.3) is 10.9 Å². The van der Waals surface area contributed by atoms with Gasteiger partial charge in [-0.25, -0.2) is 4.98 Å². The summed E-state index contributed by atoms with van der Waals surface area (Å²) < 4.78 is 1.57. The number of hydrogen-bond acceptors (Lipinski definition) is 5. The Bertz CT molecular complexity index is 1010. The maximum atomic E-state index is 12.8. The number of nitrogens with one attached hydrogen (secondary N) is 1. The number of amides is 1. The molecule has 0 fully saturated rings. The van der Waals surface area contributed by atoms with Crippen LogP contribution in [0.1, 0.15) is 22.3 Å². The normalized spacial score (nSPS) is 13.0. The number of aromatic hydroxyl groups is 1. The summed E-state index contributed by atoms with van der Waals surface area (Å²) in [6.07, 6.45) is 5.95. The van der Waals surface area contributed by atoms with Crippen LogP contribution < -0.4 is 10.9 Å². The van der Waals surface area contributed by atoms with Gasteiger partial charge in [-0.2, -0.15) is 0 Å². The van der Waals surface area contributed by atoms with Crippen LogP contribution >= 0.6 is 0 Å². The van der Waals surface area contributed by atoms with Gasteiger partial charge in [0.25, 0.3) is 11.5 Å². The van der Waals surface area contributed by atoms with E-state index in [1.165, 1.54) is 18.6 Å². The van der Waals surface area contributed by atoms with E-state index in [1.54, 1.807) is 10.6 Å². The van der Waals surface area contributed by atoms with E-state index in [0.717, 1.165) is 18.4 Å². The minimum Gasteiger partial charge on any atom is -0.506 e. The molecule has 7 nitrogen and oxygen atoms in total. The number of anilines is 1. The molecule has 0 saturated heterocycles. The highest BCUT2D eigenvalue weighted by atomic mass is 16.3. The Hall–Kier alpha value is -3.22. The van der Waals surface area contributed by atoms with Crippen LogP contribution in [0.2, 0.25) is 0 Å². The van der Waals surface area contributed by atoms with Crippen molar-refractivity contribution >= 4 is 22.6 Å². The lowest BCUT2D eigenvalue weighted by atomic mass is 9.99. The maximum absolute atomic E-state index is 12.8. The molecule has 3 heterocycles. The lowest BCUT2D eigenvalue weighted by Gasteiger charge is -2.21. The number of para-hydroxylation sites is 1. The zero-order valence-corrected chi connectivity index (χ0v) is 12.7. The summed E-state index contributed by atoms with van der Waals surface area (Å²) in [5.41, 5.74) is 0.954. The first-order chi connectivity index (χ1) is 11.7. The van der Waals surface area contributed by atoms with Crippen LogP contribution in [0.15, 0.2) is 41.6 Å². The molecular weight excluding hydrogens is 308 g/mol. The SMILES string of the molecule is O=C(Nc1cnccn1)c1c(O)c2cccc3c2n(c1=O)CCC3. The number of benzene rings is 1. The molecule has 1 aliphatic heterocycles. The summed E-state index contributed by atoms with van der Waals surface area (Å²) in [4.78, 5) is 33.1. The molecule has 3 aromatic rings. The fourth-order valence-electron chi connectivity index (χ4n) is 3.16. The first kappa shape index (κ1) is 14.4. The highest BCUT2D eigenvalue weighted by molar-refractivity contribution is 6.09. The van der Waals surface area contributed by atoms with Gasteiger partial charge in [-0.3, -0.25) is 14.6 Å². The number of aryl methyl sites for hydroxylation is 2. The van der Waals surface area contributed by atoms with E-state index in [4.69, 9.17) is 0 Å². The Labute approximate surface area is 136 Å². The number of carbonyl (C=O) groups excluding carboxylic acids is 1. The predicted molar refractivity (Wildman–Crippen MR) is 88.2 cm³/mol. The highest BCUT2D eigenvalue weighted by Gasteiger charge is 2.25. The summed E-state index contributed by atoms with van der Waals surface area (Å²) in [6.45, 7) is 0.526. The van der Waals surface area contributed by atoms with Crippen molar-refractivity contribution in [3.8, 4) is 5.75 Å². The highest BCUT2D eigenvalue weighted by Crippen LogP contribution is 2.31. The molecular formula is C17H14N4O3. The van der Waals surface area contributed by atoms with Crippen molar-refractivity contribution in [1.29, 1.82) is 0 Å². The molecule has 0 atom stereocenters. The summed E-state index contributed by atoms with van der Waals surface area (Å²) in [5, 5.41) is 13.5. The topological polar surface area (TPSA) is 97.1 Å². The quantitative estimate of drug-likeness (QED) is 0.748. The van der Waals surface area contributed by atoms with Gasteiger partial charge in [0.2, 0.25) is 0 Å². The summed E-state index contributed by atoms with van der Waals surface area (Å²) in [5.74, 6) is -0.773. The molecule has 2 aromatic heterocycles. The number of pyridine rings is 1. The third-order valence-electron chi connectivity index (χ3n) is 4.20. The maximum Gasteiger partial charge on any atom is 0.267 e. The second kappa shape index (κ2) is 5.45. The van der Waals surface area contributed by atoms with Crippen LogP contribution in [-0.4, -0.2) is 25.5 Å². The summed E-state index contributed by atoms with van der Waals surface area (Å²) in [6, 6.07) is 5.48. The third kappa shape index (κ3) is 2.13. The number of carbonyl (C=O) groups is 1. The number of hydrogen-bond donors (Lipinski definition) is 2. The van der Waals surface area contributed by atoms with Crippen molar-refractivity contribution < 1.29 is 9.90 Å². The molecule has 0 bridgehead atoms. The first-order valence-electron chi connectivity index (χ1n) is 7.61. The Morgan fingerprint density at radius 2 is 2.17 bits per heavy atom. The molecule has 7 heteroatoms. The minimum atomic E-state index is -0.695. The zero-order valence-electron chi connectivity index (χ0n) is 12.7. The predicted octanol–water partition coefficient (Wildman–Crippen LogP) is 1.70. The largest absolute Gasteiger partial charge is 0.506 e. The van der Waals surface area contributed by atoms with Crippen LogP contribution in [0.5, 0.6) is 5.75 Å². The lowest BCUT2D eigenvalue weighted by Crippen LogP contribution is -2.31. The van der Waals surface area contributed by atoms with Gasteiger partial charge in [0.15, 0.2) is 5.82 Å². The van der Waals surface area contributed by atoms with Gasteiger partial charge in [-0.05, 0) is 24.5 Å². The molecule has 4 rings (SSSR count). The van der Waals surface area contributed by atoms with Gasteiger partial charge in [0.1, 0.15) is 11.3 Å². The van der Waals surface area contributed by atoms with Gasteiger partial charge in [0, 0.05) is 24.3 Å². The molecule has 120 valence electrons. The zero-order chi connectivity index (χ0) is 16.7. The van der Waals surface area contributed by atoms with Gasteiger partial charge in [-0.15, -0.1) is 0 Å². The molecule has 1 aliphatic rings. The first-order valence-corrected chi connectivity index (χ1v) is 7.61. The molecule has 0 saturated carbocycles. The van der Waals surface area contributed by atoms with Crippen molar-refractivity contribution in [3.05, 3.63) is 58.3 Å². The van der Waals surface area contributed by atoms with E-state index in [1.807, 2.05) is 12.1 Å². The molecule has 0 aliphatic carbocycles. The average Bonchev–Trinajstić information content (AvgIpc) is 2.60. The summed E-state index contributed by atoms with van der Waals surface area (Å²) in [7, 11) is 0. The van der Waals surface area contributed by atoms with E-state index in [0.29, 0.717) is 17.4 Å². The van der Waals surface area contributed by atoms with Gasteiger partial charge in [0.05, 0.1) is 11.7 Å². The smallest absolute Gasteiger partial charge is 0.267 e. The van der Waals surface area contributed by atoms with E-state index in [-0.39, 0.29) is 17.1 Å². The standard InChI is InChI=1S/C17H14N4O3/c22-15-11-5-1-3-10-4-2-8-21(14(10)11)17(24)13(15)16(23)20-12-9-18-6-7-19-12/h1,3,5-7,9,22H,2,4,8H2,(H,19,20,23). The van der Waals surface area contributed by atoms with E-state index >= 15 is 0 Å². The Morgan fingerprint density at radius 3 is 2.96 bits per heavy atom. The Kier molecular flexibility index (Phi) is 3.26. The average molecular weight is 322 g/mol. The van der Waals surface area contributed by atoms with E-state index in [9.17, 15) is 14.7 Å². The van der Waals surface area contributed by atoms with Gasteiger partial charge in [-0.1, -0.05) is 12.1 Å². The van der Waals surface area contributed by atoms with Gasteiger partial charge < -0.3 is 15.0 Å². The molecule has 1 amide bonds. The Balaban J connectivity index is 1.91. The Morgan fingerprint density at radius 1 is 1.29 bits per heavy atom. The monoisotopic (exact) mass is 322 g/mol. The fourth-order valence-corrected chi connectivity index (χ4v) is 3.16. The molecule has 0 spiro atoms. The number of rotatable bonds is 2. The van der Waals surface area contributed by atoms with Crippen molar-refractivity contribution in [3.63, 3.8) is 0 Å². The second-order valence-electron chi connectivity index (χ2n) is 5.64.